The lowest BCUT2D eigenvalue weighted by molar-refractivity contribution is 0.322. The van der Waals surface area contributed by atoms with Crippen molar-refractivity contribution < 1.29 is 5.11 Å². The summed E-state index contributed by atoms with van der Waals surface area (Å²) in [6.45, 7) is 2.16. The Morgan fingerprint density at radius 1 is 1.56 bits per heavy atom. The molecule has 0 spiro atoms. The van der Waals surface area contributed by atoms with E-state index >= 15 is 0 Å². The second-order valence-electron chi connectivity index (χ2n) is 3.14. The van der Waals surface area contributed by atoms with E-state index in [2.05, 4.69) is 21.5 Å². The van der Waals surface area contributed by atoms with Crippen LogP contribution >= 0.6 is 23.1 Å². The van der Waals surface area contributed by atoms with E-state index in [9.17, 15) is 0 Å². The van der Waals surface area contributed by atoms with Crippen LogP contribution in [0.2, 0.25) is 0 Å². The molecule has 5 nitrogen and oxygen atoms in total. The van der Waals surface area contributed by atoms with Gasteiger partial charge in [-0.15, -0.1) is 23.1 Å². The molecule has 86 valence electrons. The maximum absolute atomic E-state index is 8.83. The number of anilines is 1. The zero-order valence-electron chi connectivity index (χ0n) is 8.73. The van der Waals surface area contributed by atoms with Gasteiger partial charge in [0.25, 0.3) is 0 Å². The lowest BCUT2D eigenvalue weighted by Crippen LogP contribution is -2.10. The van der Waals surface area contributed by atoms with Crippen molar-refractivity contribution in [2.24, 2.45) is 5.84 Å². The van der Waals surface area contributed by atoms with Crippen molar-refractivity contribution in [3.63, 3.8) is 0 Å². The Balaban J connectivity index is 2.49. The first kappa shape index (κ1) is 11.6. The summed E-state index contributed by atoms with van der Waals surface area (Å²) in [5.41, 5.74) is 2.45. The lowest BCUT2D eigenvalue weighted by Gasteiger charge is -2.03. The van der Waals surface area contributed by atoms with E-state index in [1.165, 1.54) is 16.6 Å². The van der Waals surface area contributed by atoms with Crippen LogP contribution in [0.5, 0.6) is 0 Å². The van der Waals surface area contributed by atoms with Crippen LogP contribution in [0.25, 0.3) is 10.2 Å². The number of hydrogen-bond acceptors (Lipinski definition) is 7. The van der Waals surface area contributed by atoms with E-state index in [4.69, 9.17) is 10.9 Å². The van der Waals surface area contributed by atoms with Crippen LogP contribution in [0.4, 0.5) is 5.95 Å². The number of nitrogens with one attached hydrogen (secondary N) is 1. The number of nitrogens with two attached hydrogens (primary N) is 1. The number of thiophene rings is 1. The molecule has 0 radical (unpaired) electrons. The highest BCUT2D eigenvalue weighted by Gasteiger charge is 2.10. The molecule has 0 aliphatic heterocycles. The molecule has 0 unspecified atom stereocenters. The number of aromatic nitrogens is 2. The van der Waals surface area contributed by atoms with E-state index in [1.54, 1.807) is 11.3 Å². The van der Waals surface area contributed by atoms with Crippen molar-refractivity contribution in [3.05, 3.63) is 10.9 Å². The molecule has 4 N–H and O–H groups in total. The largest absolute Gasteiger partial charge is 0.396 e. The van der Waals surface area contributed by atoms with Crippen LogP contribution < -0.4 is 11.3 Å². The summed E-state index contributed by atoms with van der Waals surface area (Å²) in [7, 11) is 0. The van der Waals surface area contributed by atoms with E-state index in [1.807, 2.05) is 6.92 Å². The Morgan fingerprint density at radius 2 is 2.38 bits per heavy atom. The zero-order chi connectivity index (χ0) is 11.5. The van der Waals surface area contributed by atoms with E-state index < -0.39 is 0 Å². The highest BCUT2D eigenvalue weighted by Crippen LogP contribution is 2.31. The van der Waals surface area contributed by atoms with Gasteiger partial charge < -0.3 is 5.11 Å². The Bertz CT molecular complexity index is 499. The maximum atomic E-state index is 8.83. The number of aliphatic hydroxyl groups is 1. The van der Waals surface area contributed by atoms with Crippen LogP contribution in [0, 0.1) is 6.92 Å². The topological polar surface area (TPSA) is 84.1 Å². The highest BCUT2D eigenvalue weighted by atomic mass is 32.2. The number of nitrogen functional groups attached to an aromatic ring is 1. The van der Waals surface area contributed by atoms with Gasteiger partial charge in [0, 0.05) is 16.0 Å². The average Bonchev–Trinajstić information content (AvgIpc) is 2.65. The van der Waals surface area contributed by atoms with Crippen LogP contribution in [-0.4, -0.2) is 27.4 Å². The molecule has 16 heavy (non-hydrogen) atoms. The second-order valence-corrected chi connectivity index (χ2v) is 5.46. The minimum atomic E-state index is 0.130. The summed E-state index contributed by atoms with van der Waals surface area (Å²) >= 11 is 3.11. The third-order valence-corrected chi connectivity index (χ3v) is 3.86. The first-order valence-electron chi connectivity index (χ1n) is 4.73. The van der Waals surface area contributed by atoms with Crippen molar-refractivity contribution in [1.29, 1.82) is 0 Å². The Hall–Kier alpha value is -0.890. The third-order valence-electron chi connectivity index (χ3n) is 1.94. The molecule has 2 rings (SSSR count). The molecule has 2 heterocycles. The molecular formula is C9H12N4OS2. The molecule has 0 saturated heterocycles. The van der Waals surface area contributed by atoms with Gasteiger partial charge >= 0.3 is 0 Å². The highest BCUT2D eigenvalue weighted by molar-refractivity contribution is 7.99. The molecule has 0 aliphatic rings. The fourth-order valence-electron chi connectivity index (χ4n) is 1.33. The summed E-state index contributed by atoms with van der Waals surface area (Å²) in [6.07, 6.45) is 0. The number of hydrazine groups is 1. The summed E-state index contributed by atoms with van der Waals surface area (Å²) < 4.78 is 0. The van der Waals surface area contributed by atoms with Crippen molar-refractivity contribution >= 4 is 39.3 Å². The van der Waals surface area contributed by atoms with Gasteiger partial charge in [-0.1, -0.05) is 0 Å². The predicted octanol–water partition coefficient (Wildman–Crippen LogP) is 1.37. The summed E-state index contributed by atoms with van der Waals surface area (Å²) in [6, 6.07) is 2.06. The van der Waals surface area contributed by atoms with Gasteiger partial charge in [-0.05, 0) is 13.0 Å². The summed E-state index contributed by atoms with van der Waals surface area (Å²) in [4.78, 5) is 10.7. The standard InChI is InChI=1S/C9H12N4OS2/c1-5-4-6-7(15-3-2-14)11-9(13-10)12-8(6)16-5/h4,14H,2-3,10H2,1H3,(H,11,12,13). The predicted molar refractivity (Wildman–Crippen MR) is 67.8 cm³/mol. The quantitative estimate of drug-likeness (QED) is 0.332. The number of rotatable bonds is 4. The first-order chi connectivity index (χ1) is 7.74. The molecule has 0 aliphatic carbocycles. The molecule has 0 fully saturated rings. The number of aryl methyl sites for hydroxylation is 1. The monoisotopic (exact) mass is 256 g/mol. The average molecular weight is 256 g/mol. The van der Waals surface area contributed by atoms with Gasteiger partial charge in [0.15, 0.2) is 0 Å². The van der Waals surface area contributed by atoms with Crippen LogP contribution in [-0.2, 0) is 0 Å². The first-order valence-corrected chi connectivity index (χ1v) is 6.53. The van der Waals surface area contributed by atoms with Gasteiger partial charge in [-0.25, -0.2) is 15.8 Å². The molecule has 0 aromatic carbocycles. The molecule has 7 heteroatoms. The third kappa shape index (κ3) is 2.27. The van der Waals surface area contributed by atoms with Crippen molar-refractivity contribution in [1.82, 2.24) is 9.97 Å². The van der Waals surface area contributed by atoms with Gasteiger partial charge in [-0.2, -0.15) is 0 Å². The SMILES string of the molecule is Cc1cc2c(SCCO)nc(NN)nc2s1. The molecule has 0 amide bonds. The number of fused-ring (bicyclic) bond motifs is 1. The molecule has 0 saturated carbocycles. The van der Waals surface area contributed by atoms with E-state index in [0.717, 1.165) is 15.2 Å². The van der Waals surface area contributed by atoms with Crippen molar-refractivity contribution in [3.8, 4) is 0 Å². The maximum Gasteiger partial charge on any atom is 0.239 e. The van der Waals surface area contributed by atoms with Gasteiger partial charge in [-0.3, -0.25) is 5.43 Å². The molecule has 2 aromatic rings. The Labute approximate surface area is 101 Å². The van der Waals surface area contributed by atoms with Gasteiger partial charge in [0.05, 0.1) is 6.61 Å². The smallest absolute Gasteiger partial charge is 0.239 e. The van der Waals surface area contributed by atoms with Gasteiger partial charge in [0.2, 0.25) is 5.95 Å². The number of thioether (sulfide) groups is 1. The van der Waals surface area contributed by atoms with Crippen molar-refractivity contribution in [2.45, 2.75) is 11.9 Å². The number of aliphatic hydroxyl groups excluding tert-OH is 1. The zero-order valence-corrected chi connectivity index (χ0v) is 10.4. The van der Waals surface area contributed by atoms with E-state index in [0.29, 0.717) is 11.7 Å². The molecule has 2 aromatic heterocycles. The van der Waals surface area contributed by atoms with Gasteiger partial charge in [0.1, 0.15) is 9.86 Å². The van der Waals surface area contributed by atoms with Crippen LogP contribution in [0.15, 0.2) is 11.1 Å². The van der Waals surface area contributed by atoms with Crippen LogP contribution in [0.1, 0.15) is 4.88 Å². The Kier molecular flexibility index (Phi) is 3.59. The number of nitrogens with zero attached hydrogens (tertiary/aromatic N) is 2. The molecule has 0 atom stereocenters. The minimum absolute atomic E-state index is 0.130. The van der Waals surface area contributed by atoms with E-state index in [-0.39, 0.29) is 6.61 Å². The molecule has 0 bridgehead atoms. The van der Waals surface area contributed by atoms with Crippen molar-refractivity contribution in [2.75, 3.05) is 17.8 Å². The Morgan fingerprint density at radius 3 is 3.06 bits per heavy atom. The summed E-state index contributed by atoms with van der Waals surface area (Å²) in [5, 5.41) is 10.7. The second kappa shape index (κ2) is 4.96. The fourth-order valence-corrected chi connectivity index (χ4v) is 3.02. The minimum Gasteiger partial charge on any atom is -0.396 e. The fraction of sp³-hybridized carbons (Fsp3) is 0.333. The number of hydrogen-bond donors (Lipinski definition) is 3. The normalized spacial score (nSPS) is 10.9. The lowest BCUT2D eigenvalue weighted by atomic mass is 10.4. The van der Waals surface area contributed by atoms with Crippen LogP contribution in [0.3, 0.4) is 0 Å². The summed E-state index contributed by atoms with van der Waals surface area (Å²) in [5.74, 6) is 6.34. The molecular weight excluding hydrogens is 244 g/mol.